The average Bonchev–Trinajstić information content (AvgIpc) is 3.13. The highest BCUT2D eigenvalue weighted by Gasteiger charge is 2.18. The van der Waals surface area contributed by atoms with Crippen molar-refractivity contribution in [3.05, 3.63) is 41.8 Å². The molecule has 0 saturated heterocycles. The molecule has 3 rings (SSSR count). The largest absolute Gasteiger partial charge is 0.496 e. The molecule has 0 radical (unpaired) electrons. The van der Waals surface area contributed by atoms with Crippen LogP contribution in [0.15, 0.2) is 29.0 Å². The van der Waals surface area contributed by atoms with Crippen molar-refractivity contribution in [2.45, 2.75) is 13.8 Å². The van der Waals surface area contributed by atoms with Gasteiger partial charge in [0.1, 0.15) is 17.8 Å². The summed E-state index contributed by atoms with van der Waals surface area (Å²) in [5, 5.41) is 10.7. The van der Waals surface area contributed by atoms with Crippen LogP contribution in [0.5, 0.6) is 5.75 Å². The minimum atomic E-state index is -0.343. The Hall–Kier alpha value is -3.16. The summed E-state index contributed by atoms with van der Waals surface area (Å²) in [4.78, 5) is 16.2. The van der Waals surface area contributed by atoms with E-state index in [1.54, 1.807) is 26.3 Å². The molecule has 0 atom stereocenters. The van der Waals surface area contributed by atoms with Gasteiger partial charge in [-0.25, -0.2) is 9.67 Å². The summed E-state index contributed by atoms with van der Waals surface area (Å²) in [7, 11) is 3.25. The number of ether oxygens (including phenoxy) is 1. The Labute approximate surface area is 138 Å². The van der Waals surface area contributed by atoms with Gasteiger partial charge in [0, 0.05) is 18.3 Å². The summed E-state index contributed by atoms with van der Waals surface area (Å²) in [6.07, 6.45) is 1.33. The molecule has 0 aliphatic heterocycles. The molecular formula is C16H17N5O3. The van der Waals surface area contributed by atoms with Crippen molar-refractivity contribution in [2.75, 3.05) is 12.4 Å². The molecule has 1 N–H and O–H groups in total. The summed E-state index contributed by atoms with van der Waals surface area (Å²) in [6, 6.07) is 5.36. The molecule has 0 saturated carbocycles. The van der Waals surface area contributed by atoms with Crippen LogP contribution in [0, 0.1) is 13.8 Å². The molecule has 0 unspecified atom stereocenters. The van der Waals surface area contributed by atoms with Gasteiger partial charge in [0.25, 0.3) is 5.91 Å². The third-order valence-electron chi connectivity index (χ3n) is 3.67. The second-order valence-corrected chi connectivity index (χ2v) is 5.28. The van der Waals surface area contributed by atoms with E-state index in [1.807, 2.05) is 19.9 Å². The number of carbonyl (C=O) groups excluding carboxylic acids is 1. The Morgan fingerprint density at radius 1 is 1.33 bits per heavy atom. The summed E-state index contributed by atoms with van der Waals surface area (Å²) in [5.74, 6) is 1.23. The first-order valence-electron chi connectivity index (χ1n) is 7.28. The number of aryl methyl sites for hydroxylation is 3. The van der Waals surface area contributed by atoms with Crippen molar-refractivity contribution in [1.82, 2.24) is 19.9 Å². The molecule has 24 heavy (non-hydrogen) atoms. The molecule has 0 bridgehead atoms. The number of hydrogen-bond donors (Lipinski definition) is 1. The normalized spacial score (nSPS) is 10.7. The summed E-state index contributed by atoms with van der Waals surface area (Å²) < 4.78 is 12.1. The lowest BCUT2D eigenvalue weighted by atomic mass is 10.0. The van der Waals surface area contributed by atoms with Crippen LogP contribution in [0.3, 0.4) is 0 Å². The van der Waals surface area contributed by atoms with Crippen LogP contribution in [0.4, 0.5) is 5.69 Å². The number of amides is 1. The van der Waals surface area contributed by atoms with Crippen LogP contribution in [0.25, 0.3) is 11.1 Å². The predicted octanol–water partition coefficient (Wildman–Crippen LogP) is 2.35. The predicted molar refractivity (Wildman–Crippen MR) is 86.9 cm³/mol. The summed E-state index contributed by atoms with van der Waals surface area (Å²) >= 11 is 0. The van der Waals surface area contributed by atoms with Crippen molar-refractivity contribution in [2.24, 2.45) is 7.05 Å². The Morgan fingerprint density at radius 3 is 2.71 bits per heavy atom. The zero-order valence-corrected chi connectivity index (χ0v) is 13.8. The highest BCUT2D eigenvalue weighted by atomic mass is 16.5. The molecule has 0 fully saturated rings. The number of rotatable bonds is 4. The number of aromatic nitrogens is 4. The Kier molecular flexibility index (Phi) is 4.03. The quantitative estimate of drug-likeness (QED) is 0.790. The SMILES string of the molecule is COc1ccc(NC(=O)c2ncnn2C)cc1-c1c(C)noc1C. The van der Waals surface area contributed by atoms with Crippen molar-refractivity contribution in [3.63, 3.8) is 0 Å². The van der Waals surface area contributed by atoms with Crippen LogP contribution in [0.1, 0.15) is 22.1 Å². The molecule has 124 valence electrons. The van der Waals surface area contributed by atoms with Crippen molar-refractivity contribution < 1.29 is 14.1 Å². The molecule has 3 aromatic rings. The fourth-order valence-electron chi connectivity index (χ4n) is 2.54. The second kappa shape index (κ2) is 6.15. The lowest BCUT2D eigenvalue weighted by Gasteiger charge is -2.11. The number of anilines is 1. The first kappa shape index (κ1) is 15.7. The smallest absolute Gasteiger partial charge is 0.293 e. The molecule has 2 heterocycles. The second-order valence-electron chi connectivity index (χ2n) is 5.28. The van der Waals surface area contributed by atoms with E-state index in [9.17, 15) is 4.79 Å². The van der Waals surface area contributed by atoms with Crippen LogP contribution in [-0.2, 0) is 7.05 Å². The van der Waals surface area contributed by atoms with Gasteiger partial charge in [0.2, 0.25) is 5.82 Å². The van der Waals surface area contributed by atoms with Crippen molar-refractivity contribution >= 4 is 11.6 Å². The van der Waals surface area contributed by atoms with Gasteiger partial charge >= 0.3 is 0 Å². The molecule has 0 spiro atoms. The maximum Gasteiger partial charge on any atom is 0.293 e. The number of nitrogens with zero attached hydrogens (tertiary/aromatic N) is 4. The van der Waals surface area contributed by atoms with Gasteiger partial charge in [-0.3, -0.25) is 4.79 Å². The van der Waals surface area contributed by atoms with Gasteiger partial charge in [0.15, 0.2) is 0 Å². The molecule has 1 amide bonds. The number of carbonyl (C=O) groups is 1. The van der Waals surface area contributed by atoms with Gasteiger partial charge in [-0.2, -0.15) is 5.10 Å². The van der Waals surface area contributed by atoms with E-state index in [1.165, 1.54) is 11.0 Å². The lowest BCUT2D eigenvalue weighted by Crippen LogP contribution is -2.17. The summed E-state index contributed by atoms with van der Waals surface area (Å²) in [5.41, 5.74) is 3.01. The molecule has 8 nitrogen and oxygen atoms in total. The monoisotopic (exact) mass is 327 g/mol. The third-order valence-corrected chi connectivity index (χ3v) is 3.67. The molecule has 2 aromatic heterocycles. The van der Waals surface area contributed by atoms with Gasteiger partial charge in [-0.05, 0) is 32.0 Å². The molecule has 0 aliphatic rings. The first-order chi connectivity index (χ1) is 11.5. The molecular weight excluding hydrogens is 310 g/mol. The fraction of sp³-hybridized carbons (Fsp3) is 0.250. The van der Waals surface area contributed by atoms with Gasteiger partial charge in [-0.15, -0.1) is 0 Å². The fourth-order valence-corrected chi connectivity index (χ4v) is 2.54. The van der Waals surface area contributed by atoms with E-state index in [0.29, 0.717) is 17.2 Å². The van der Waals surface area contributed by atoms with Gasteiger partial charge in [0.05, 0.1) is 18.4 Å². The third kappa shape index (κ3) is 2.73. The van der Waals surface area contributed by atoms with E-state index >= 15 is 0 Å². The number of hydrogen-bond acceptors (Lipinski definition) is 6. The van der Waals surface area contributed by atoms with Crippen LogP contribution >= 0.6 is 0 Å². The van der Waals surface area contributed by atoms with E-state index < -0.39 is 0 Å². The minimum Gasteiger partial charge on any atom is -0.496 e. The van der Waals surface area contributed by atoms with Gasteiger partial charge in [-0.1, -0.05) is 5.16 Å². The highest BCUT2D eigenvalue weighted by Crippen LogP contribution is 2.36. The number of nitrogens with one attached hydrogen (secondary N) is 1. The Bertz CT molecular complexity index is 878. The Balaban J connectivity index is 1.98. The minimum absolute atomic E-state index is 0.227. The van der Waals surface area contributed by atoms with Gasteiger partial charge < -0.3 is 14.6 Å². The highest BCUT2D eigenvalue weighted by molar-refractivity contribution is 6.02. The number of benzene rings is 1. The maximum atomic E-state index is 12.3. The zero-order chi connectivity index (χ0) is 17.3. The van der Waals surface area contributed by atoms with Crippen molar-refractivity contribution in [3.8, 4) is 16.9 Å². The number of methoxy groups -OCH3 is 1. The maximum absolute atomic E-state index is 12.3. The van der Waals surface area contributed by atoms with Crippen molar-refractivity contribution in [1.29, 1.82) is 0 Å². The van der Waals surface area contributed by atoms with E-state index in [0.717, 1.165) is 16.8 Å². The Morgan fingerprint density at radius 2 is 2.12 bits per heavy atom. The van der Waals surface area contributed by atoms with E-state index in [-0.39, 0.29) is 11.7 Å². The van der Waals surface area contributed by atoms with E-state index in [4.69, 9.17) is 9.26 Å². The topological polar surface area (TPSA) is 95.1 Å². The van der Waals surface area contributed by atoms with E-state index in [2.05, 4.69) is 20.6 Å². The average molecular weight is 327 g/mol. The molecule has 1 aromatic carbocycles. The first-order valence-corrected chi connectivity index (χ1v) is 7.28. The van der Waals surface area contributed by atoms with Crippen LogP contribution in [-0.4, -0.2) is 32.9 Å². The standard InChI is InChI=1S/C16H17N5O3/c1-9-14(10(2)24-20-9)12-7-11(5-6-13(12)23-4)19-16(22)15-17-8-18-21(15)3/h5-8H,1-4H3,(H,19,22). The molecule has 0 aliphatic carbocycles. The van der Waals surface area contributed by atoms with Crippen LogP contribution in [0.2, 0.25) is 0 Å². The lowest BCUT2D eigenvalue weighted by molar-refractivity contribution is 0.101. The zero-order valence-electron chi connectivity index (χ0n) is 13.8. The molecule has 8 heteroatoms. The summed E-state index contributed by atoms with van der Waals surface area (Å²) in [6.45, 7) is 3.69. The van der Waals surface area contributed by atoms with Crippen LogP contribution < -0.4 is 10.1 Å².